The molecule has 1 aliphatic rings. The van der Waals surface area contributed by atoms with E-state index in [1.165, 1.54) is 26.4 Å². The smallest absolute Gasteiger partial charge is 0.416 e. The van der Waals surface area contributed by atoms with Gasteiger partial charge in [-0.3, -0.25) is 14.5 Å². The zero-order valence-corrected chi connectivity index (χ0v) is 19.6. The summed E-state index contributed by atoms with van der Waals surface area (Å²) in [6, 6.07) is 14.2. The Morgan fingerprint density at radius 1 is 0.917 bits per heavy atom. The molecule has 3 aromatic carbocycles. The first kappa shape index (κ1) is 24.8. The predicted octanol–water partition coefficient (Wildman–Crippen LogP) is 5.66. The average Bonchev–Trinajstić information content (AvgIpc) is 3.13. The van der Waals surface area contributed by atoms with Crippen molar-refractivity contribution in [3.63, 3.8) is 0 Å². The first-order valence-corrected chi connectivity index (χ1v) is 10.8. The van der Waals surface area contributed by atoms with E-state index >= 15 is 0 Å². The summed E-state index contributed by atoms with van der Waals surface area (Å²) in [7, 11) is 2.83. The molecular weight excluding hydrogens is 475 g/mol. The number of nitrogens with zero attached hydrogens (tertiary/aromatic N) is 1. The van der Waals surface area contributed by atoms with Crippen LogP contribution in [0.4, 0.5) is 18.9 Å². The van der Waals surface area contributed by atoms with Gasteiger partial charge < -0.3 is 14.6 Å². The van der Waals surface area contributed by atoms with Crippen molar-refractivity contribution in [1.82, 2.24) is 0 Å². The number of aliphatic hydroxyl groups is 1. The van der Waals surface area contributed by atoms with Crippen LogP contribution in [0.15, 0.2) is 72.3 Å². The van der Waals surface area contributed by atoms with E-state index in [0.717, 1.165) is 28.7 Å². The van der Waals surface area contributed by atoms with Crippen LogP contribution in [0.5, 0.6) is 11.5 Å². The van der Waals surface area contributed by atoms with Gasteiger partial charge in [0.1, 0.15) is 5.76 Å². The molecular formula is C27H22F3NO5. The van der Waals surface area contributed by atoms with Crippen molar-refractivity contribution in [3.05, 3.63) is 94.6 Å². The summed E-state index contributed by atoms with van der Waals surface area (Å²) in [6.45, 7) is 1.85. The van der Waals surface area contributed by atoms with Gasteiger partial charge in [0.15, 0.2) is 11.5 Å². The van der Waals surface area contributed by atoms with Crippen LogP contribution in [0.3, 0.4) is 0 Å². The van der Waals surface area contributed by atoms with Crippen LogP contribution in [0, 0.1) is 6.92 Å². The highest BCUT2D eigenvalue weighted by Gasteiger charge is 2.47. The van der Waals surface area contributed by atoms with Crippen LogP contribution >= 0.6 is 0 Å². The third-order valence-electron chi connectivity index (χ3n) is 5.94. The summed E-state index contributed by atoms with van der Waals surface area (Å²) in [5, 5.41) is 11.2. The molecule has 1 atom stereocenters. The average molecular weight is 497 g/mol. The van der Waals surface area contributed by atoms with E-state index in [4.69, 9.17) is 9.47 Å². The lowest BCUT2D eigenvalue weighted by molar-refractivity contribution is -0.137. The third kappa shape index (κ3) is 4.39. The molecule has 0 unspecified atom stereocenters. The van der Waals surface area contributed by atoms with Gasteiger partial charge in [0.2, 0.25) is 0 Å². The number of alkyl halides is 3. The van der Waals surface area contributed by atoms with Crippen LogP contribution in [-0.4, -0.2) is 31.0 Å². The molecule has 1 fully saturated rings. The fraction of sp³-hybridized carbons (Fsp3) is 0.185. The number of carbonyl (C=O) groups excluding carboxylic acids is 2. The molecule has 0 radical (unpaired) electrons. The van der Waals surface area contributed by atoms with E-state index < -0.39 is 35.2 Å². The number of rotatable bonds is 5. The lowest BCUT2D eigenvalue weighted by atomic mass is 9.94. The lowest BCUT2D eigenvalue weighted by Crippen LogP contribution is -2.29. The SMILES string of the molecule is COc1ccc([C@H]2C(=C(O)c3ccc(C)cc3)C(=O)C(=O)N2c2cccc(C(F)(F)F)c2)cc1OC. The Morgan fingerprint density at radius 2 is 1.58 bits per heavy atom. The van der Waals surface area contributed by atoms with E-state index in [9.17, 15) is 27.9 Å². The quantitative estimate of drug-likeness (QED) is 0.280. The number of methoxy groups -OCH3 is 2. The van der Waals surface area contributed by atoms with Gasteiger partial charge in [-0.15, -0.1) is 0 Å². The van der Waals surface area contributed by atoms with Gasteiger partial charge in [0, 0.05) is 11.3 Å². The van der Waals surface area contributed by atoms with Gasteiger partial charge in [-0.25, -0.2) is 0 Å². The molecule has 186 valence electrons. The Kier molecular flexibility index (Phi) is 6.49. The summed E-state index contributed by atoms with van der Waals surface area (Å²) in [5.74, 6) is -1.88. The lowest BCUT2D eigenvalue weighted by Gasteiger charge is -2.26. The Morgan fingerprint density at radius 3 is 2.19 bits per heavy atom. The molecule has 0 aliphatic carbocycles. The molecule has 4 rings (SSSR count). The van der Waals surface area contributed by atoms with Crippen LogP contribution in [0.25, 0.3) is 5.76 Å². The monoisotopic (exact) mass is 497 g/mol. The Bertz CT molecular complexity index is 1360. The van der Waals surface area contributed by atoms with Gasteiger partial charge >= 0.3 is 6.18 Å². The number of aliphatic hydroxyl groups excluding tert-OH is 1. The van der Waals surface area contributed by atoms with Crippen molar-refractivity contribution in [2.75, 3.05) is 19.1 Å². The van der Waals surface area contributed by atoms with Crippen molar-refractivity contribution in [2.24, 2.45) is 0 Å². The fourth-order valence-corrected chi connectivity index (χ4v) is 4.14. The van der Waals surface area contributed by atoms with Crippen molar-refractivity contribution < 1.29 is 37.3 Å². The summed E-state index contributed by atoms with van der Waals surface area (Å²) >= 11 is 0. The molecule has 1 heterocycles. The van der Waals surface area contributed by atoms with Crippen molar-refractivity contribution >= 4 is 23.1 Å². The number of aryl methyl sites for hydroxylation is 1. The van der Waals surface area contributed by atoms with Crippen LogP contribution < -0.4 is 14.4 Å². The van der Waals surface area contributed by atoms with Gasteiger partial charge in [-0.2, -0.15) is 13.2 Å². The van der Waals surface area contributed by atoms with Crippen LogP contribution in [0.2, 0.25) is 0 Å². The summed E-state index contributed by atoms with van der Waals surface area (Å²) in [5.41, 5.74) is 0.146. The first-order chi connectivity index (χ1) is 17.1. The summed E-state index contributed by atoms with van der Waals surface area (Å²) < 4.78 is 50.9. The maximum atomic E-state index is 13.4. The molecule has 0 aromatic heterocycles. The van der Waals surface area contributed by atoms with Crippen LogP contribution in [-0.2, 0) is 15.8 Å². The molecule has 0 spiro atoms. The van der Waals surface area contributed by atoms with Crippen molar-refractivity contribution in [1.29, 1.82) is 0 Å². The number of benzene rings is 3. The zero-order valence-electron chi connectivity index (χ0n) is 19.6. The molecule has 36 heavy (non-hydrogen) atoms. The van der Waals surface area contributed by atoms with Gasteiger partial charge in [-0.1, -0.05) is 42.0 Å². The Balaban J connectivity index is 1.97. The number of amides is 1. The molecule has 1 amide bonds. The number of hydrogen-bond acceptors (Lipinski definition) is 5. The van der Waals surface area contributed by atoms with Gasteiger partial charge in [0.25, 0.3) is 11.7 Å². The van der Waals surface area contributed by atoms with E-state index in [0.29, 0.717) is 11.3 Å². The topological polar surface area (TPSA) is 76.1 Å². The fourth-order valence-electron chi connectivity index (χ4n) is 4.14. The third-order valence-corrected chi connectivity index (χ3v) is 5.94. The normalized spacial score (nSPS) is 17.4. The zero-order chi connectivity index (χ0) is 26.2. The van der Waals surface area contributed by atoms with Crippen molar-refractivity contribution in [3.8, 4) is 11.5 Å². The molecule has 0 saturated carbocycles. The minimum Gasteiger partial charge on any atom is -0.507 e. The number of hydrogen-bond donors (Lipinski definition) is 1. The highest BCUT2D eigenvalue weighted by molar-refractivity contribution is 6.51. The molecule has 1 N–H and O–H groups in total. The Labute approximate surface area is 205 Å². The van der Waals surface area contributed by atoms with E-state index in [2.05, 4.69) is 0 Å². The highest BCUT2D eigenvalue weighted by Crippen LogP contribution is 2.45. The maximum absolute atomic E-state index is 13.4. The number of halogens is 3. The number of carbonyl (C=O) groups is 2. The van der Waals surface area contributed by atoms with Gasteiger partial charge in [-0.05, 0) is 42.8 Å². The van der Waals surface area contributed by atoms with Crippen molar-refractivity contribution in [2.45, 2.75) is 19.1 Å². The molecule has 9 heteroatoms. The van der Waals surface area contributed by atoms with Gasteiger partial charge in [0.05, 0.1) is 31.4 Å². The molecule has 0 bridgehead atoms. The minimum atomic E-state index is -4.66. The standard InChI is InChI=1S/C27H22F3NO5/c1-15-7-9-16(10-8-15)24(32)22-23(17-11-12-20(35-2)21(13-17)36-3)31(26(34)25(22)33)19-6-4-5-18(14-19)27(28,29)30/h4-14,23,32H,1-3H3/t23-/m0/s1. The number of Topliss-reactive ketones (excluding diaryl/α,β-unsaturated/α-hetero) is 1. The number of ether oxygens (including phenoxy) is 2. The second-order valence-electron chi connectivity index (χ2n) is 8.20. The summed E-state index contributed by atoms with van der Waals surface area (Å²) in [4.78, 5) is 27.4. The second kappa shape index (κ2) is 9.41. The van der Waals surface area contributed by atoms with E-state index in [-0.39, 0.29) is 22.6 Å². The van der Waals surface area contributed by atoms with Crippen LogP contribution in [0.1, 0.15) is 28.3 Å². The molecule has 1 aliphatic heterocycles. The molecule has 1 saturated heterocycles. The largest absolute Gasteiger partial charge is 0.507 e. The minimum absolute atomic E-state index is 0.144. The number of anilines is 1. The second-order valence-corrected chi connectivity index (χ2v) is 8.20. The molecule has 3 aromatic rings. The Hall–Kier alpha value is -4.27. The number of ketones is 1. The maximum Gasteiger partial charge on any atom is 0.416 e. The first-order valence-electron chi connectivity index (χ1n) is 10.8. The highest BCUT2D eigenvalue weighted by atomic mass is 19.4. The predicted molar refractivity (Wildman–Crippen MR) is 127 cm³/mol. The van der Waals surface area contributed by atoms with E-state index in [1.54, 1.807) is 36.4 Å². The van der Waals surface area contributed by atoms with E-state index in [1.807, 2.05) is 6.92 Å². The molecule has 6 nitrogen and oxygen atoms in total. The summed E-state index contributed by atoms with van der Waals surface area (Å²) in [6.07, 6.45) is -4.66.